The summed E-state index contributed by atoms with van der Waals surface area (Å²) in [6.07, 6.45) is 0. The number of aromatic nitrogens is 1. The van der Waals surface area contributed by atoms with Crippen LogP contribution in [0.25, 0.3) is 11.3 Å². The van der Waals surface area contributed by atoms with Gasteiger partial charge in [-0.1, -0.05) is 45.0 Å². The zero-order valence-corrected chi connectivity index (χ0v) is 16.5. The van der Waals surface area contributed by atoms with Gasteiger partial charge in [0.2, 0.25) is 10.0 Å². The second-order valence-corrected chi connectivity index (χ2v) is 8.32. The molecule has 0 fully saturated rings. The summed E-state index contributed by atoms with van der Waals surface area (Å²) in [4.78, 5) is 13.3. The van der Waals surface area contributed by atoms with Crippen LogP contribution in [0, 0.1) is 5.41 Å². The number of nitrogens with one attached hydrogen (secondary N) is 1. The van der Waals surface area contributed by atoms with Gasteiger partial charge in [-0.2, -0.15) is 0 Å². The van der Waals surface area contributed by atoms with E-state index in [0.29, 0.717) is 16.8 Å². The minimum absolute atomic E-state index is 0.0562. The molecule has 0 saturated carbocycles. The third-order valence-corrected chi connectivity index (χ3v) is 4.42. The van der Waals surface area contributed by atoms with Crippen LogP contribution in [-0.4, -0.2) is 30.3 Å². The molecule has 27 heavy (non-hydrogen) atoms. The van der Waals surface area contributed by atoms with Crippen LogP contribution in [-0.2, 0) is 20.2 Å². The number of benzene rings is 1. The molecule has 0 aliphatic rings. The molecule has 0 amide bonds. The maximum Gasteiger partial charge on any atom is 0.300 e. The first-order valence-electron chi connectivity index (χ1n) is 7.92. The van der Waals surface area contributed by atoms with E-state index in [1.807, 2.05) is 20.8 Å². The van der Waals surface area contributed by atoms with Crippen LogP contribution in [0.4, 0.5) is 0 Å². The summed E-state index contributed by atoms with van der Waals surface area (Å²) < 4.78 is 24.4. The average Bonchev–Trinajstić information content (AvgIpc) is 2.52. The third-order valence-electron chi connectivity index (χ3n) is 3.41. The van der Waals surface area contributed by atoms with Crippen molar-refractivity contribution >= 4 is 21.8 Å². The Labute approximate surface area is 158 Å². The van der Waals surface area contributed by atoms with Gasteiger partial charge in [0, 0.05) is 12.5 Å². The third kappa shape index (κ3) is 6.15. The van der Waals surface area contributed by atoms with E-state index in [4.69, 9.17) is 26.2 Å². The number of nitrogens with zero attached hydrogens (tertiary/aromatic N) is 1. The molecule has 0 radical (unpaired) electrons. The molecule has 0 atom stereocenters. The van der Waals surface area contributed by atoms with Gasteiger partial charge in [0.05, 0.1) is 10.6 Å². The van der Waals surface area contributed by atoms with Crippen LogP contribution < -0.4 is 10.9 Å². The lowest BCUT2D eigenvalue weighted by atomic mass is 9.85. The molecule has 6 N–H and O–H groups in total. The number of aliphatic carboxylic acids is 1. The fourth-order valence-electron chi connectivity index (χ4n) is 2.37. The number of amidine groups is 1. The predicted octanol–water partition coefficient (Wildman–Crippen LogP) is 2.07. The van der Waals surface area contributed by atoms with E-state index in [9.17, 15) is 8.42 Å². The number of carbonyl (C=O) groups is 1. The number of sulfonamides is 1. The fourth-order valence-corrected chi connectivity index (χ4v) is 3.53. The Balaban J connectivity index is 0.000000828. The van der Waals surface area contributed by atoms with Crippen molar-refractivity contribution in [2.45, 2.75) is 38.0 Å². The Kier molecular flexibility index (Phi) is 6.82. The van der Waals surface area contributed by atoms with Crippen LogP contribution in [0.1, 0.15) is 39.0 Å². The van der Waals surface area contributed by atoms with Gasteiger partial charge in [0.15, 0.2) is 0 Å². The van der Waals surface area contributed by atoms with E-state index in [1.54, 1.807) is 36.4 Å². The number of carboxylic acid groups (broad SMARTS) is 1. The molecule has 2 aromatic rings. The van der Waals surface area contributed by atoms with Crippen molar-refractivity contribution in [3.8, 4) is 11.3 Å². The highest BCUT2D eigenvalue weighted by molar-refractivity contribution is 7.89. The zero-order chi connectivity index (χ0) is 21.0. The molecule has 0 saturated heterocycles. The lowest BCUT2D eigenvalue weighted by molar-refractivity contribution is -0.134. The van der Waals surface area contributed by atoms with E-state index in [1.165, 1.54) is 0 Å². The summed E-state index contributed by atoms with van der Waals surface area (Å²) >= 11 is 0. The molecule has 0 aliphatic heterocycles. The molecule has 0 spiro atoms. The van der Waals surface area contributed by atoms with Gasteiger partial charge in [-0.05, 0) is 23.1 Å². The van der Waals surface area contributed by atoms with E-state index in [-0.39, 0.29) is 16.4 Å². The molecule has 146 valence electrons. The van der Waals surface area contributed by atoms with Crippen LogP contribution in [0.3, 0.4) is 0 Å². The Morgan fingerprint density at radius 3 is 2.11 bits per heavy atom. The Hall–Kier alpha value is -2.78. The predicted molar refractivity (Wildman–Crippen MR) is 104 cm³/mol. The maximum absolute atomic E-state index is 12.2. The number of hydrogen-bond acceptors (Lipinski definition) is 5. The SMILES string of the molecule is CC(=O)O.CC(C)(C)c1cccc(-c2cccc(C(=N)N)n2)c1S(N)(=O)=O. The second-order valence-electron chi connectivity index (χ2n) is 6.82. The number of hydrogen-bond donors (Lipinski definition) is 4. The smallest absolute Gasteiger partial charge is 0.300 e. The van der Waals surface area contributed by atoms with Gasteiger partial charge in [-0.15, -0.1) is 0 Å². The molecule has 0 bridgehead atoms. The Bertz CT molecular complexity index is 960. The lowest BCUT2D eigenvalue weighted by Crippen LogP contribution is -2.22. The fraction of sp³-hybridized carbons (Fsp3) is 0.278. The van der Waals surface area contributed by atoms with E-state index in [0.717, 1.165) is 6.92 Å². The largest absolute Gasteiger partial charge is 0.481 e. The highest BCUT2D eigenvalue weighted by Gasteiger charge is 2.27. The summed E-state index contributed by atoms with van der Waals surface area (Å²) in [6.45, 7) is 6.83. The van der Waals surface area contributed by atoms with Gasteiger partial charge in [-0.3, -0.25) is 10.2 Å². The van der Waals surface area contributed by atoms with Crippen molar-refractivity contribution in [1.82, 2.24) is 4.98 Å². The topological polar surface area (TPSA) is 160 Å². The Morgan fingerprint density at radius 1 is 1.15 bits per heavy atom. The molecule has 9 heteroatoms. The summed E-state index contributed by atoms with van der Waals surface area (Å²) in [5.41, 5.74) is 6.77. The molecule has 1 aromatic carbocycles. The van der Waals surface area contributed by atoms with Gasteiger partial charge < -0.3 is 10.8 Å². The number of pyridine rings is 1. The summed E-state index contributed by atoms with van der Waals surface area (Å²) in [7, 11) is -3.95. The van der Waals surface area contributed by atoms with Crippen LogP contribution >= 0.6 is 0 Å². The van der Waals surface area contributed by atoms with Crippen molar-refractivity contribution < 1.29 is 18.3 Å². The van der Waals surface area contributed by atoms with Crippen LogP contribution in [0.5, 0.6) is 0 Å². The summed E-state index contributed by atoms with van der Waals surface area (Å²) in [5.74, 6) is -1.02. The standard InChI is InChI=1S/C16H20N4O2S.C2H4O2/c1-16(2,3)11-7-4-6-10(14(11)23(19,21)22)12-8-5-9-13(20-12)15(17)18;1-2(3)4/h4-9H,1-3H3,(H3,17,18)(H2,19,21,22);1H3,(H,3,4). The molecule has 0 unspecified atom stereocenters. The number of primary sulfonamides is 1. The number of rotatable bonds is 3. The first-order chi connectivity index (χ1) is 12.2. The Morgan fingerprint density at radius 2 is 1.67 bits per heavy atom. The number of carboxylic acids is 1. The van der Waals surface area contributed by atoms with Gasteiger partial charge >= 0.3 is 0 Å². The molecular formula is C18H24N4O4S. The molecule has 1 heterocycles. The average molecular weight is 392 g/mol. The van der Waals surface area contributed by atoms with Gasteiger partial charge in [0.25, 0.3) is 5.97 Å². The van der Waals surface area contributed by atoms with Crippen molar-refractivity contribution in [2.24, 2.45) is 10.9 Å². The van der Waals surface area contributed by atoms with Crippen LogP contribution in [0.15, 0.2) is 41.3 Å². The van der Waals surface area contributed by atoms with Gasteiger partial charge in [-0.25, -0.2) is 18.5 Å². The van der Waals surface area contributed by atoms with Crippen LogP contribution in [0.2, 0.25) is 0 Å². The molecular weight excluding hydrogens is 368 g/mol. The van der Waals surface area contributed by atoms with Gasteiger partial charge in [0.1, 0.15) is 11.5 Å². The molecule has 2 rings (SSSR count). The normalized spacial score (nSPS) is 11.3. The highest BCUT2D eigenvalue weighted by atomic mass is 32.2. The zero-order valence-electron chi connectivity index (χ0n) is 15.6. The first-order valence-corrected chi connectivity index (χ1v) is 9.47. The molecule has 8 nitrogen and oxygen atoms in total. The van der Waals surface area contributed by atoms with Crippen molar-refractivity contribution in [3.63, 3.8) is 0 Å². The minimum Gasteiger partial charge on any atom is -0.481 e. The van der Waals surface area contributed by atoms with Crippen molar-refractivity contribution in [2.75, 3.05) is 0 Å². The van der Waals surface area contributed by atoms with E-state index < -0.39 is 21.4 Å². The van der Waals surface area contributed by atoms with Crippen molar-refractivity contribution in [3.05, 3.63) is 47.7 Å². The van der Waals surface area contributed by atoms with E-state index >= 15 is 0 Å². The molecule has 0 aliphatic carbocycles. The first kappa shape index (κ1) is 22.3. The minimum atomic E-state index is -3.95. The highest BCUT2D eigenvalue weighted by Crippen LogP contribution is 2.35. The summed E-state index contributed by atoms with van der Waals surface area (Å²) in [5, 5.41) is 20.4. The molecule has 1 aromatic heterocycles. The van der Waals surface area contributed by atoms with E-state index in [2.05, 4.69) is 4.98 Å². The monoisotopic (exact) mass is 392 g/mol. The quantitative estimate of drug-likeness (QED) is 0.462. The van der Waals surface area contributed by atoms with Crippen molar-refractivity contribution in [1.29, 1.82) is 5.41 Å². The number of nitrogens with two attached hydrogens (primary N) is 2. The lowest BCUT2D eigenvalue weighted by Gasteiger charge is -2.23. The maximum atomic E-state index is 12.2. The second kappa shape index (κ2) is 8.28. The summed E-state index contributed by atoms with van der Waals surface area (Å²) in [6, 6.07) is 10.1. The number of nitrogen functional groups attached to an aromatic ring is 1.